The maximum Gasteiger partial charge on any atom is 0.306 e. The summed E-state index contributed by atoms with van der Waals surface area (Å²) in [5.41, 5.74) is 0. The number of carbonyl (C=O) groups is 3. The van der Waals surface area contributed by atoms with Crippen molar-refractivity contribution in [1.29, 1.82) is 0 Å². The number of unbranched alkanes of at least 4 members (excludes halogenated alkanes) is 37. The number of allylic oxidation sites excluding steroid dienone is 16. The summed E-state index contributed by atoms with van der Waals surface area (Å²) in [5.74, 6) is -0.869. The van der Waals surface area contributed by atoms with Crippen molar-refractivity contribution in [2.75, 3.05) is 13.2 Å². The molecule has 6 nitrogen and oxygen atoms in total. The maximum absolute atomic E-state index is 12.9. The summed E-state index contributed by atoms with van der Waals surface area (Å²) in [5, 5.41) is 0. The molecule has 0 aliphatic carbocycles. The fourth-order valence-electron chi connectivity index (χ4n) is 10.1. The van der Waals surface area contributed by atoms with Crippen LogP contribution in [0.4, 0.5) is 0 Å². The highest BCUT2D eigenvalue weighted by Gasteiger charge is 2.19. The quantitative estimate of drug-likeness (QED) is 0.0261. The average molecular weight is 1140 g/mol. The lowest BCUT2D eigenvalue weighted by molar-refractivity contribution is -0.167. The second kappa shape index (κ2) is 69.8. The van der Waals surface area contributed by atoms with Gasteiger partial charge in [0, 0.05) is 19.3 Å². The Bertz CT molecular complexity index is 1590. The van der Waals surface area contributed by atoms with E-state index in [1.54, 1.807) is 0 Å². The Labute approximate surface area is 508 Å². The number of esters is 3. The Hall–Kier alpha value is -3.67. The van der Waals surface area contributed by atoms with Gasteiger partial charge < -0.3 is 14.2 Å². The first-order chi connectivity index (χ1) is 40.5. The molecule has 6 heteroatoms. The second-order valence-electron chi connectivity index (χ2n) is 23.4. The van der Waals surface area contributed by atoms with E-state index in [2.05, 4.69) is 118 Å². The molecule has 0 bridgehead atoms. The first-order valence-electron chi connectivity index (χ1n) is 35.2. The van der Waals surface area contributed by atoms with Crippen LogP contribution in [0.2, 0.25) is 0 Å². The van der Waals surface area contributed by atoms with Crippen molar-refractivity contribution in [2.24, 2.45) is 0 Å². The highest BCUT2D eigenvalue weighted by molar-refractivity contribution is 5.71. The van der Waals surface area contributed by atoms with E-state index in [1.807, 2.05) is 0 Å². The van der Waals surface area contributed by atoms with E-state index in [0.29, 0.717) is 19.3 Å². The molecule has 0 heterocycles. The Morgan fingerprint density at radius 2 is 0.476 bits per heavy atom. The van der Waals surface area contributed by atoms with Crippen molar-refractivity contribution >= 4 is 17.9 Å². The summed E-state index contributed by atoms with van der Waals surface area (Å²) < 4.78 is 17.0. The SMILES string of the molecule is CC/C=C\C/C=C\C/C=C\C/C=C\C/C=C\C/C=C\CCCCCCCCCCCCCCC(=O)OCC(COC(=O)CCCCCCCCCCCCCCCCCC)OC(=O)CCCCCCCCC/C=C\C/C=C\CCCCC. The van der Waals surface area contributed by atoms with Crippen molar-refractivity contribution in [3.63, 3.8) is 0 Å². The van der Waals surface area contributed by atoms with Gasteiger partial charge in [0.05, 0.1) is 0 Å². The molecule has 0 aliphatic heterocycles. The van der Waals surface area contributed by atoms with E-state index in [-0.39, 0.29) is 31.1 Å². The van der Waals surface area contributed by atoms with Gasteiger partial charge in [-0.1, -0.05) is 323 Å². The molecule has 1 unspecified atom stereocenters. The van der Waals surface area contributed by atoms with Gasteiger partial charge in [-0.25, -0.2) is 0 Å². The van der Waals surface area contributed by atoms with Crippen LogP contribution in [0.15, 0.2) is 97.2 Å². The average Bonchev–Trinajstić information content (AvgIpc) is 3.48. The predicted molar refractivity (Wildman–Crippen MR) is 357 cm³/mol. The Morgan fingerprint density at radius 3 is 0.768 bits per heavy atom. The van der Waals surface area contributed by atoms with E-state index < -0.39 is 6.10 Å². The fourth-order valence-corrected chi connectivity index (χ4v) is 10.1. The molecule has 82 heavy (non-hydrogen) atoms. The van der Waals surface area contributed by atoms with E-state index in [4.69, 9.17) is 14.2 Å². The molecule has 0 aromatic rings. The van der Waals surface area contributed by atoms with Gasteiger partial charge in [-0.05, 0) is 103 Å². The Kier molecular flexibility index (Phi) is 66.7. The van der Waals surface area contributed by atoms with E-state index in [0.717, 1.165) is 109 Å². The minimum atomic E-state index is -0.782. The smallest absolute Gasteiger partial charge is 0.306 e. The molecule has 0 spiro atoms. The molecule has 0 rings (SSSR count). The predicted octanol–water partition coefficient (Wildman–Crippen LogP) is 24.4. The first kappa shape index (κ1) is 78.3. The van der Waals surface area contributed by atoms with Gasteiger partial charge >= 0.3 is 17.9 Å². The summed E-state index contributed by atoms with van der Waals surface area (Å²) in [7, 11) is 0. The summed E-state index contributed by atoms with van der Waals surface area (Å²) in [6.07, 6.45) is 94.2. The van der Waals surface area contributed by atoms with E-state index >= 15 is 0 Å². The topological polar surface area (TPSA) is 78.9 Å². The van der Waals surface area contributed by atoms with E-state index in [1.165, 1.54) is 199 Å². The largest absolute Gasteiger partial charge is 0.462 e. The van der Waals surface area contributed by atoms with Crippen LogP contribution in [0.5, 0.6) is 0 Å². The maximum atomic E-state index is 12.9. The van der Waals surface area contributed by atoms with Crippen molar-refractivity contribution in [1.82, 2.24) is 0 Å². The lowest BCUT2D eigenvalue weighted by Gasteiger charge is -2.18. The van der Waals surface area contributed by atoms with Gasteiger partial charge in [-0.2, -0.15) is 0 Å². The molecule has 472 valence electrons. The third-order valence-corrected chi connectivity index (χ3v) is 15.3. The lowest BCUT2D eigenvalue weighted by Crippen LogP contribution is -2.30. The van der Waals surface area contributed by atoms with Crippen LogP contribution in [0.25, 0.3) is 0 Å². The van der Waals surface area contributed by atoms with E-state index in [9.17, 15) is 14.4 Å². The highest BCUT2D eigenvalue weighted by atomic mass is 16.6. The lowest BCUT2D eigenvalue weighted by atomic mass is 10.0. The summed E-state index contributed by atoms with van der Waals surface area (Å²) in [4.78, 5) is 38.4. The zero-order chi connectivity index (χ0) is 59.2. The van der Waals surface area contributed by atoms with Crippen molar-refractivity contribution in [3.05, 3.63) is 97.2 Å². The number of hydrogen-bond acceptors (Lipinski definition) is 6. The van der Waals surface area contributed by atoms with Crippen LogP contribution < -0.4 is 0 Å². The van der Waals surface area contributed by atoms with Crippen LogP contribution in [0, 0.1) is 0 Å². The standard InChI is InChI=1S/C76H132O6/c1-4-7-10-13-16-19-22-25-28-31-32-33-34-35-36-37-38-39-40-41-42-43-44-46-48-51-54-57-60-63-66-69-75(78)81-72-73(71-80-74(77)68-65-62-59-56-53-50-47-30-27-24-21-18-15-12-9-6-3)82-76(79)70-67-64-61-58-55-52-49-45-29-26-23-20-17-14-11-8-5-2/h7,10,16-17,19-20,25-26,28-29,32-33,35-36,38-39,73H,4-6,8-9,11-15,18,21-24,27,30-31,34,37,40-72H2,1-3H3/b10-7-,19-16-,20-17-,28-25-,29-26-,33-32-,36-35-,39-38-. The molecular weight excluding hydrogens is 1010 g/mol. The third-order valence-electron chi connectivity index (χ3n) is 15.3. The zero-order valence-corrected chi connectivity index (χ0v) is 54.2. The molecule has 0 saturated heterocycles. The van der Waals surface area contributed by atoms with Gasteiger partial charge in [-0.3, -0.25) is 14.4 Å². The molecular formula is C76H132O6. The summed E-state index contributed by atoms with van der Waals surface area (Å²) in [6.45, 7) is 6.54. The highest BCUT2D eigenvalue weighted by Crippen LogP contribution is 2.17. The van der Waals surface area contributed by atoms with Gasteiger partial charge in [0.25, 0.3) is 0 Å². The molecule has 1 atom stereocenters. The monoisotopic (exact) mass is 1140 g/mol. The van der Waals surface area contributed by atoms with Crippen LogP contribution in [-0.4, -0.2) is 37.2 Å². The second-order valence-corrected chi connectivity index (χ2v) is 23.4. The zero-order valence-electron chi connectivity index (χ0n) is 54.2. The van der Waals surface area contributed by atoms with Crippen LogP contribution in [0.1, 0.15) is 348 Å². The molecule has 0 radical (unpaired) electrons. The number of hydrogen-bond donors (Lipinski definition) is 0. The summed E-state index contributed by atoms with van der Waals surface area (Å²) >= 11 is 0. The number of rotatable bonds is 64. The summed E-state index contributed by atoms with van der Waals surface area (Å²) in [6, 6.07) is 0. The molecule has 0 saturated carbocycles. The number of ether oxygens (including phenoxy) is 3. The number of carbonyl (C=O) groups excluding carboxylic acids is 3. The Morgan fingerprint density at radius 1 is 0.256 bits per heavy atom. The van der Waals surface area contributed by atoms with Gasteiger partial charge in [0.1, 0.15) is 13.2 Å². The molecule has 0 amide bonds. The normalized spacial score (nSPS) is 12.7. The van der Waals surface area contributed by atoms with Crippen LogP contribution in [0.3, 0.4) is 0 Å². The van der Waals surface area contributed by atoms with Gasteiger partial charge in [0.15, 0.2) is 6.10 Å². The molecule has 0 aliphatic rings. The first-order valence-corrected chi connectivity index (χ1v) is 35.2. The van der Waals surface area contributed by atoms with Gasteiger partial charge in [-0.15, -0.1) is 0 Å². The van der Waals surface area contributed by atoms with Crippen molar-refractivity contribution < 1.29 is 28.6 Å². The molecule has 0 aromatic heterocycles. The fraction of sp³-hybridized carbons (Fsp3) is 0.750. The van der Waals surface area contributed by atoms with Crippen LogP contribution in [-0.2, 0) is 28.6 Å². The Balaban J connectivity index is 4.27. The van der Waals surface area contributed by atoms with Gasteiger partial charge in [0.2, 0.25) is 0 Å². The molecule has 0 aromatic carbocycles. The third kappa shape index (κ3) is 67.1. The van der Waals surface area contributed by atoms with Crippen LogP contribution >= 0.6 is 0 Å². The van der Waals surface area contributed by atoms with Crippen molar-refractivity contribution in [2.45, 2.75) is 354 Å². The molecule has 0 fully saturated rings. The van der Waals surface area contributed by atoms with Crippen molar-refractivity contribution in [3.8, 4) is 0 Å². The minimum Gasteiger partial charge on any atom is -0.462 e. The minimum absolute atomic E-state index is 0.0767. The molecule has 0 N–H and O–H groups in total.